The minimum atomic E-state index is -4.05. The molecular formula is C11H21F3N2. The molecule has 1 unspecified atom stereocenters. The average Bonchev–Trinajstić information content (AvgIpc) is 2.14. The molecule has 96 valence electrons. The summed E-state index contributed by atoms with van der Waals surface area (Å²) in [5, 5.41) is 3.40. The van der Waals surface area contributed by atoms with E-state index >= 15 is 0 Å². The molecule has 0 bridgehead atoms. The predicted octanol–water partition coefficient (Wildman–Crippen LogP) is 2.40. The fourth-order valence-electron chi connectivity index (χ4n) is 2.25. The lowest BCUT2D eigenvalue weighted by atomic mass is 9.90. The summed E-state index contributed by atoms with van der Waals surface area (Å²) in [4.78, 5) is 1.77. The van der Waals surface area contributed by atoms with Crippen LogP contribution >= 0.6 is 0 Å². The summed E-state index contributed by atoms with van der Waals surface area (Å²) in [6.45, 7) is 3.84. The summed E-state index contributed by atoms with van der Waals surface area (Å²) in [5.74, 6) is 0. The third kappa shape index (κ3) is 5.16. The Morgan fingerprint density at radius 1 is 1.31 bits per heavy atom. The number of hydrogen-bond acceptors (Lipinski definition) is 2. The van der Waals surface area contributed by atoms with Gasteiger partial charge in [0.25, 0.3) is 0 Å². The van der Waals surface area contributed by atoms with E-state index < -0.39 is 12.6 Å². The van der Waals surface area contributed by atoms with Crippen LogP contribution in [0, 0.1) is 0 Å². The Kier molecular flexibility index (Phi) is 4.62. The number of nitrogens with one attached hydrogen (secondary N) is 1. The lowest BCUT2D eigenvalue weighted by Gasteiger charge is -2.38. The van der Waals surface area contributed by atoms with Crippen molar-refractivity contribution >= 4 is 0 Å². The summed E-state index contributed by atoms with van der Waals surface area (Å²) in [7, 11) is 1.76. The van der Waals surface area contributed by atoms with Gasteiger partial charge in [-0.3, -0.25) is 0 Å². The lowest BCUT2D eigenvalue weighted by molar-refractivity contribution is -0.137. The molecule has 1 heterocycles. The van der Waals surface area contributed by atoms with Crippen LogP contribution in [0.2, 0.25) is 0 Å². The summed E-state index contributed by atoms with van der Waals surface area (Å²) in [6, 6.07) is 0. The van der Waals surface area contributed by atoms with Gasteiger partial charge >= 0.3 is 6.18 Å². The van der Waals surface area contributed by atoms with Gasteiger partial charge in [-0.05, 0) is 33.4 Å². The first-order valence-corrected chi connectivity index (χ1v) is 5.81. The van der Waals surface area contributed by atoms with Gasteiger partial charge in [-0.25, -0.2) is 0 Å². The first kappa shape index (κ1) is 13.8. The van der Waals surface area contributed by atoms with Crippen LogP contribution in [0.1, 0.15) is 32.6 Å². The first-order chi connectivity index (χ1) is 7.31. The fourth-order valence-corrected chi connectivity index (χ4v) is 2.25. The highest BCUT2D eigenvalue weighted by molar-refractivity contribution is 4.88. The van der Waals surface area contributed by atoms with Gasteiger partial charge in [0.2, 0.25) is 0 Å². The van der Waals surface area contributed by atoms with Gasteiger partial charge in [-0.15, -0.1) is 0 Å². The van der Waals surface area contributed by atoms with Crippen LogP contribution in [0.4, 0.5) is 13.2 Å². The maximum absolute atomic E-state index is 12.0. The molecule has 0 radical (unpaired) electrons. The van der Waals surface area contributed by atoms with E-state index in [1.165, 1.54) is 6.42 Å². The molecule has 1 fully saturated rings. The van der Waals surface area contributed by atoms with E-state index in [0.717, 1.165) is 19.4 Å². The zero-order valence-electron chi connectivity index (χ0n) is 10.0. The van der Waals surface area contributed by atoms with Crippen molar-refractivity contribution in [2.75, 3.05) is 26.7 Å². The Balaban J connectivity index is 2.29. The number of halogens is 3. The van der Waals surface area contributed by atoms with E-state index in [1.54, 1.807) is 11.9 Å². The first-order valence-electron chi connectivity index (χ1n) is 5.81. The normalized spacial score (nSPS) is 27.4. The molecule has 0 spiro atoms. The van der Waals surface area contributed by atoms with Crippen molar-refractivity contribution in [3.63, 3.8) is 0 Å². The van der Waals surface area contributed by atoms with E-state index in [1.807, 2.05) is 0 Å². The van der Waals surface area contributed by atoms with Crippen LogP contribution in [0.5, 0.6) is 0 Å². The van der Waals surface area contributed by atoms with Crippen molar-refractivity contribution in [3.05, 3.63) is 0 Å². The molecular weight excluding hydrogens is 217 g/mol. The van der Waals surface area contributed by atoms with Gasteiger partial charge in [0.15, 0.2) is 0 Å². The monoisotopic (exact) mass is 238 g/mol. The number of piperidine rings is 1. The average molecular weight is 238 g/mol. The van der Waals surface area contributed by atoms with Crippen LogP contribution < -0.4 is 5.32 Å². The third-order valence-corrected chi connectivity index (χ3v) is 3.10. The van der Waals surface area contributed by atoms with Crippen molar-refractivity contribution in [3.8, 4) is 0 Å². The van der Waals surface area contributed by atoms with E-state index in [0.29, 0.717) is 6.54 Å². The highest BCUT2D eigenvalue weighted by Crippen LogP contribution is 2.22. The Bertz CT molecular complexity index is 210. The molecule has 1 saturated heterocycles. The second kappa shape index (κ2) is 5.36. The second-order valence-electron chi connectivity index (χ2n) is 5.05. The Morgan fingerprint density at radius 3 is 2.50 bits per heavy atom. The summed E-state index contributed by atoms with van der Waals surface area (Å²) in [6.07, 6.45) is -1.39. The maximum Gasteiger partial charge on any atom is 0.390 e. The topological polar surface area (TPSA) is 15.3 Å². The van der Waals surface area contributed by atoms with Crippen LogP contribution in [-0.4, -0.2) is 43.3 Å². The van der Waals surface area contributed by atoms with Crippen molar-refractivity contribution in [1.29, 1.82) is 0 Å². The van der Waals surface area contributed by atoms with Gasteiger partial charge in [0, 0.05) is 18.6 Å². The van der Waals surface area contributed by atoms with E-state index in [2.05, 4.69) is 12.2 Å². The van der Waals surface area contributed by atoms with Crippen LogP contribution in [0.3, 0.4) is 0 Å². The standard InChI is InChI=1S/C11H21F3N2/c1-10(5-3-4-7-15-10)9-16(2)8-6-11(12,13)14/h15H,3-9H2,1-2H3. The van der Waals surface area contributed by atoms with Gasteiger partial charge in [0.1, 0.15) is 0 Å². The molecule has 1 aliphatic heterocycles. The number of hydrogen-bond donors (Lipinski definition) is 1. The largest absolute Gasteiger partial charge is 0.390 e. The van der Waals surface area contributed by atoms with E-state index in [4.69, 9.17) is 0 Å². The smallest absolute Gasteiger partial charge is 0.310 e. The van der Waals surface area contributed by atoms with Gasteiger partial charge in [-0.1, -0.05) is 6.42 Å². The van der Waals surface area contributed by atoms with Gasteiger partial charge in [0.05, 0.1) is 6.42 Å². The molecule has 1 aliphatic rings. The Morgan fingerprint density at radius 2 is 2.00 bits per heavy atom. The number of nitrogens with zero attached hydrogens (tertiary/aromatic N) is 1. The minimum absolute atomic E-state index is 0.0153. The Labute approximate surface area is 95.2 Å². The summed E-state index contributed by atoms with van der Waals surface area (Å²) >= 11 is 0. The predicted molar refractivity (Wildman–Crippen MR) is 58.4 cm³/mol. The molecule has 1 N–H and O–H groups in total. The zero-order chi connectivity index (χ0) is 12.2. The number of rotatable bonds is 4. The quantitative estimate of drug-likeness (QED) is 0.809. The zero-order valence-corrected chi connectivity index (χ0v) is 10.0. The van der Waals surface area contributed by atoms with E-state index in [-0.39, 0.29) is 12.1 Å². The number of likely N-dealkylation sites (N-methyl/N-ethyl adjacent to an activating group) is 1. The molecule has 16 heavy (non-hydrogen) atoms. The van der Waals surface area contributed by atoms with Gasteiger partial charge in [-0.2, -0.15) is 13.2 Å². The Hall–Kier alpha value is -0.290. The van der Waals surface area contributed by atoms with Crippen molar-refractivity contribution in [2.45, 2.75) is 44.3 Å². The molecule has 0 saturated carbocycles. The SMILES string of the molecule is CN(CCC(F)(F)F)CC1(C)CCCCN1. The molecule has 5 heteroatoms. The molecule has 1 rings (SSSR count). The molecule has 0 aromatic carbocycles. The molecule has 2 nitrogen and oxygen atoms in total. The molecule has 0 aromatic heterocycles. The minimum Gasteiger partial charge on any atom is -0.310 e. The number of alkyl halides is 3. The summed E-state index contributed by atoms with van der Waals surface area (Å²) in [5.41, 5.74) is -0.0153. The second-order valence-corrected chi connectivity index (χ2v) is 5.05. The lowest BCUT2D eigenvalue weighted by Crippen LogP contribution is -2.53. The summed E-state index contributed by atoms with van der Waals surface area (Å²) < 4.78 is 36.1. The van der Waals surface area contributed by atoms with Crippen LogP contribution in [0.25, 0.3) is 0 Å². The van der Waals surface area contributed by atoms with E-state index in [9.17, 15) is 13.2 Å². The fraction of sp³-hybridized carbons (Fsp3) is 1.00. The molecule has 1 atom stereocenters. The highest BCUT2D eigenvalue weighted by Gasteiger charge is 2.30. The van der Waals surface area contributed by atoms with Crippen molar-refractivity contribution in [2.24, 2.45) is 0 Å². The highest BCUT2D eigenvalue weighted by atomic mass is 19.4. The van der Waals surface area contributed by atoms with Gasteiger partial charge < -0.3 is 10.2 Å². The molecule has 0 amide bonds. The third-order valence-electron chi connectivity index (χ3n) is 3.10. The molecule has 0 aliphatic carbocycles. The van der Waals surface area contributed by atoms with Crippen molar-refractivity contribution in [1.82, 2.24) is 10.2 Å². The molecule has 0 aromatic rings. The van der Waals surface area contributed by atoms with Crippen molar-refractivity contribution < 1.29 is 13.2 Å². The van der Waals surface area contributed by atoms with Crippen LogP contribution in [0.15, 0.2) is 0 Å². The van der Waals surface area contributed by atoms with Crippen LogP contribution in [-0.2, 0) is 0 Å². The maximum atomic E-state index is 12.0.